The lowest BCUT2D eigenvalue weighted by atomic mass is 9.93. The number of hydrogen-bond acceptors (Lipinski definition) is 2. The van der Waals surface area contributed by atoms with Crippen LogP contribution in [0, 0.1) is 0 Å². The standard InChI is InChI=1S/C10H21NS/c1-3-4-6-9(11)10(2)7-5-8-12-10/h9H,3-8,11H2,1-2H3. The van der Waals surface area contributed by atoms with Gasteiger partial charge in [-0.25, -0.2) is 0 Å². The van der Waals surface area contributed by atoms with Gasteiger partial charge in [-0.1, -0.05) is 19.8 Å². The van der Waals surface area contributed by atoms with Crippen LogP contribution in [0.15, 0.2) is 0 Å². The van der Waals surface area contributed by atoms with Gasteiger partial charge in [0.25, 0.3) is 0 Å². The molecule has 0 spiro atoms. The van der Waals surface area contributed by atoms with E-state index >= 15 is 0 Å². The number of unbranched alkanes of at least 4 members (excludes halogenated alkanes) is 1. The van der Waals surface area contributed by atoms with Gasteiger partial charge in [-0.15, -0.1) is 0 Å². The summed E-state index contributed by atoms with van der Waals surface area (Å²) < 4.78 is 0.398. The largest absolute Gasteiger partial charge is 0.326 e. The summed E-state index contributed by atoms with van der Waals surface area (Å²) in [6.45, 7) is 4.57. The minimum Gasteiger partial charge on any atom is -0.326 e. The molecule has 1 rings (SSSR count). The average molecular weight is 187 g/mol. The van der Waals surface area contributed by atoms with Crippen LogP contribution in [0.3, 0.4) is 0 Å². The Labute approximate surface area is 80.5 Å². The molecule has 1 nitrogen and oxygen atoms in total. The molecular formula is C10H21NS. The van der Waals surface area contributed by atoms with E-state index in [1.54, 1.807) is 0 Å². The van der Waals surface area contributed by atoms with Crippen LogP contribution in [0.25, 0.3) is 0 Å². The highest BCUT2D eigenvalue weighted by atomic mass is 32.2. The molecule has 0 aromatic rings. The summed E-state index contributed by atoms with van der Waals surface area (Å²) in [6, 6.07) is 0.421. The lowest BCUT2D eigenvalue weighted by Gasteiger charge is -2.30. The Morgan fingerprint density at radius 3 is 2.83 bits per heavy atom. The van der Waals surface area contributed by atoms with Crippen LogP contribution in [0.5, 0.6) is 0 Å². The Morgan fingerprint density at radius 1 is 1.58 bits per heavy atom. The predicted octanol–water partition coefficient (Wildman–Crippen LogP) is 2.79. The van der Waals surface area contributed by atoms with Gasteiger partial charge in [-0.05, 0) is 31.9 Å². The maximum atomic E-state index is 6.18. The Morgan fingerprint density at radius 2 is 2.33 bits per heavy atom. The van der Waals surface area contributed by atoms with Crippen LogP contribution in [0.4, 0.5) is 0 Å². The van der Waals surface area contributed by atoms with Gasteiger partial charge < -0.3 is 5.73 Å². The van der Waals surface area contributed by atoms with E-state index in [4.69, 9.17) is 5.73 Å². The van der Waals surface area contributed by atoms with E-state index in [0.717, 1.165) is 0 Å². The fourth-order valence-corrected chi connectivity index (χ4v) is 3.20. The highest BCUT2D eigenvalue weighted by molar-refractivity contribution is 8.00. The quantitative estimate of drug-likeness (QED) is 0.732. The van der Waals surface area contributed by atoms with E-state index in [9.17, 15) is 0 Å². The first kappa shape index (κ1) is 10.4. The normalized spacial score (nSPS) is 32.2. The van der Waals surface area contributed by atoms with Crippen LogP contribution in [-0.2, 0) is 0 Å². The second-order valence-corrected chi connectivity index (χ2v) is 5.64. The van der Waals surface area contributed by atoms with Gasteiger partial charge in [-0.3, -0.25) is 0 Å². The molecule has 0 aromatic carbocycles. The van der Waals surface area contributed by atoms with E-state index < -0.39 is 0 Å². The molecule has 0 aromatic heterocycles. The monoisotopic (exact) mass is 187 g/mol. The number of rotatable bonds is 4. The molecule has 0 aliphatic carbocycles. The summed E-state index contributed by atoms with van der Waals surface area (Å²) in [5.41, 5.74) is 6.18. The predicted molar refractivity (Wildman–Crippen MR) is 57.6 cm³/mol. The zero-order valence-corrected chi connectivity index (χ0v) is 9.12. The number of hydrogen-bond donors (Lipinski definition) is 1. The zero-order chi connectivity index (χ0) is 9.03. The molecule has 0 saturated carbocycles. The Bertz CT molecular complexity index is 130. The van der Waals surface area contributed by atoms with Crippen molar-refractivity contribution in [3.63, 3.8) is 0 Å². The summed E-state index contributed by atoms with van der Waals surface area (Å²) in [4.78, 5) is 0. The van der Waals surface area contributed by atoms with Crippen molar-refractivity contribution < 1.29 is 0 Å². The van der Waals surface area contributed by atoms with Gasteiger partial charge in [0, 0.05) is 10.8 Å². The van der Waals surface area contributed by atoms with E-state index in [1.165, 1.54) is 37.9 Å². The zero-order valence-electron chi connectivity index (χ0n) is 8.31. The minimum absolute atomic E-state index is 0.398. The third-order valence-electron chi connectivity index (χ3n) is 2.90. The second-order valence-electron chi connectivity index (χ2n) is 4.01. The van der Waals surface area contributed by atoms with Crippen LogP contribution < -0.4 is 5.73 Å². The first-order chi connectivity index (χ1) is 5.69. The van der Waals surface area contributed by atoms with Gasteiger partial charge in [-0.2, -0.15) is 11.8 Å². The SMILES string of the molecule is CCCCC(N)C1(C)CCCS1. The first-order valence-corrected chi connectivity index (χ1v) is 6.07. The maximum absolute atomic E-state index is 6.18. The third kappa shape index (κ3) is 2.40. The molecule has 0 amide bonds. The van der Waals surface area contributed by atoms with Gasteiger partial charge in [0.1, 0.15) is 0 Å². The average Bonchev–Trinajstić information content (AvgIpc) is 2.49. The van der Waals surface area contributed by atoms with E-state index in [-0.39, 0.29) is 0 Å². The van der Waals surface area contributed by atoms with Crippen molar-refractivity contribution in [1.29, 1.82) is 0 Å². The van der Waals surface area contributed by atoms with Gasteiger partial charge in [0.05, 0.1) is 0 Å². The summed E-state index contributed by atoms with van der Waals surface area (Å²) in [5.74, 6) is 1.32. The Kier molecular flexibility index (Phi) is 3.91. The van der Waals surface area contributed by atoms with Crippen molar-refractivity contribution in [2.75, 3.05) is 5.75 Å². The molecule has 1 fully saturated rings. The summed E-state index contributed by atoms with van der Waals surface area (Å²) in [7, 11) is 0. The van der Waals surface area contributed by atoms with Crippen molar-refractivity contribution in [2.24, 2.45) is 5.73 Å². The summed E-state index contributed by atoms with van der Waals surface area (Å²) in [6.07, 6.45) is 6.45. The first-order valence-electron chi connectivity index (χ1n) is 5.08. The molecule has 72 valence electrons. The van der Waals surface area contributed by atoms with Crippen molar-refractivity contribution in [1.82, 2.24) is 0 Å². The molecule has 0 bridgehead atoms. The molecule has 0 radical (unpaired) electrons. The van der Waals surface area contributed by atoms with Crippen LogP contribution in [0.1, 0.15) is 46.0 Å². The van der Waals surface area contributed by atoms with Gasteiger partial charge in [0.2, 0.25) is 0 Å². The van der Waals surface area contributed by atoms with Gasteiger partial charge >= 0.3 is 0 Å². The smallest absolute Gasteiger partial charge is 0.0283 e. The summed E-state index contributed by atoms with van der Waals surface area (Å²) in [5, 5.41) is 0. The fraction of sp³-hybridized carbons (Fsp3) is 1.00. The Balaban J connectivity index is 2.33. The van der Waals surface area contributed by atoms with Crippen molar-refractivity contribution in [2.45, 2.75) is 56.7 Å². The van der Waals surface area contributed by atoms with Crippen LogP contribution in [-0.4, -0.2) is 16.5 Å². The van der Waals surface area contributed by atoms with Crippen molar-refractivity contribution >= 4 is 11.8 Å². The highest BCUT2D eigenvalue weighted by Crippen LogP contribution is 2.40. The highest BCUT2D eigenvalue weighted by Gasteiger charge is 2.34. The fourth-order valence-electron chi connectivity index (χ4n) is 1.82. The lowest BCUT2D eigenvalue weighted by Crippen LogP contribution is -2.40. The molecule has 2 heteroatoms. The maximum Gasteiger partial charge on any atom is 0.0283 e. The third-order valence-corrected chi connectivity index (χ3v) is 4.56. The summed E-state index contributed by atoms with van der Waals surface area (Å²) >= 11 is 2.08. The van der Waals surface area contributed by atoms with Crippen LogP contribution in [0.2, 0.25) is 0 Å². The molecule has 1 saturated heterocycles. The topological polar surface area (TPSA) is 26.0 Å². The molecule has 2 atom stereocenters. The molecule has 1 heterocycles. The van der Waals surface area contributed by atoms with Crippen molar-refractivity contribution in [3.8, 4) is 0 Å². The van der Waals surface area contributed by atoms with Gasteiger partial charge in [0.15, 0.2) is 0 Å². The minimum atomic E-state index is 0.398. The molecule has 12 heavy (non-hydrogen) atoms. The van der Waals surface area contributed by atoms with E-state index in [1.807, 2.05) is 0 Å². The molecule has 2 N–H and O–H groups in total. The molecule has 1 aliphatic rings. The molecular weight excluding hydrogens is 166 g/mol. The molecule has 1 aliphatic heterocycles. The van der Waals surface area contributed by atoms with E-state index in [0.29, 0.717) is 10.8 Å². The second kappa shape index (κ2) is 4.52. The van der Waals surface area contributed by atoms with E-state index in [2.05, 4.69) is 25.6 Å². The Hall–Kier alpha value is 0.310. The van der Waals surface area contributed by atoms with Crippen molar-refractivity contribution in [3.05, 3.63) is 0 Å². The number of thioether (sulfide) groups is 1. The molecule has 2 unspecified atom stereocenters. The van der Waals surface area contributed by atoms with Crippen LogP contribution >= 0.6 is 11.8 Å². The lowest BCUT2D eigenvalue weighted by molar-refractivity contribution is 0.447. The number of nitrogens with two attached hydrogens (primary N) is 1.